The molecule has 2 rings (SSSR count). The van der Waals surface area contributed by atoms with Gasteiger partial charge in [-0.3, -0.25) is 9.59 Å². The molecule has 5 heteroatoms. The van der Waals surface area contributed by atoms with E-state index in [1.165, 1.54) is 12.1 Å². The smallest absolute Gasteiger partial charge is 0.210 e. The second-order valence-electron chi connectivity index (χ2n) is 3.43. The summed E-state index contributed by atoms with van der Waals surface area (Å²) in [5.74, 6) is -1.17. The van der Waals surface area contributed by atoms with E-state index in [4.69, 9.17) is 0 Å². The average molecular weight is 248 g/mol. The van der Waals surface area contributed by atoms with E-state index in [9.17, 15) is 18.0 Å². The summed E-state index contributed by atoms with van der Waals surface area (Å²) in [7, 11) is -3.90. The van der Waals surface area contributed by atoms with Crippen molar-refractivity contribution in [1.29, 1.82) is 0 Å². The Hall–Kier alpha value is -2.01. The second kappa shape index (κ2) is 4.10. The summed E-state index contributed by atoms with van der Waals surface area (Å²) in [6, 6.07) is 7.54. The zero-order valence-electron chi connectivity index (χ0n) is 8.66. The van der Waals surface area contributed by atoms with Gasteiger partial charge in [-0.05, 0) is 24.3 Å². The Kier molecular flexibility index (Phi) is 2.77. The normalized spacial score (nSPS) is 15.9. The molecule has 0 aromatic heterocycles. The van der Waals surface area contributed by atoms with Gasteiger partial charge in [0.15, 0.2) is 11.6 Å². The zero-order chi connectivity index (χ0) is 12.5. The van der Waals surface area contributed by atoms with E-state index in [0.29, 0.717) is 0 Å². The van der Waals surface area contributed by atoms with Gasteiger partial charge in [0.25, 0.3) is 0 Å². The van der Waals surface area contributed by atoms with Crippen LogP contribution in [0.25, 0.3) is 0 Å². The highest BCUT2D eigenvalue weighted by Gasteiger charge is 2.27. The molecule has 0 atom stereocenters. The van der Waals surface area contributed by atoms with Crippen molar-refractivity contribution in [2.45, 2.75) is 4.90 Å². The lowest BCUT2D eigenvalue weighted by atomic mass is 10.2. The van der Waals surface area contributed by atoms with Gasteiger partial charge >= 0.3 is 0 Å². The number of hydrogen-bond donors (Lipinski definition) is 0. The van der Waals surface area contributed by atoms with Gasteiger partial charge in [0.05, 0.1) is 4.90 Å². The lowest BCUT2D eigenvalue weighted by molar-refractivity contribution is -0.114. The number of allylic oxidation sites excluding steroid dienone is 4. The number of hydrogen-bond acceptors (Lipinski definition) is 4. The highest BCUT2D eigenvalue weighted by atomic mass is 32.2. The summed E-state index contributed by atoms with van der Waals surface area (Å²) in [5, 5.41) is 0. The first-order valence-electron chi connectivity index (χ1n) is 4.80. The van der Waals surface area contributed by atoms with E-state index in [1.807, 2.05) is 0 Å². The number of sulfone groups is 1. The van der Waals surface area contributed by atoms with E-state index >= 15 is 0 Å². The van der Waals surface area contributed by atoms with Crippen molar-refractivity contribution in [1.82, 2.24) is 0 Å². The van der Waals surface area contributed by atoms with Gasteiger partial charge in [0.1, 0.15) is 4.91 Å². The summed E-state index contributed by atoms with van der Waals surface area (Å²) in [4.78, 5) is 22.1. The van der Waals surface area contributed by atoms with Gasteiger partial charge < -0.3 is 0 Å². The predicted molar refractivity (Wildman–Crippen MR) is 60.9 cm³/mol. The first-order valence-corrected chi connectivity index (χ1v) is 6.28. The van der Waals surface area contributed by atoms with Crippen LogP contribution < -0.4 is 0 Å². The Morgan fingerprint density at radius 2 is 1.53 bits per heavy atom. The number of rotatable bonds is 2. The molecule has 0 bridgehead atoms. The quantitative estimate of drug-likeness (QED) is 0.734. The SMILES string of the molecule is O=C1C=CC(=O)C(S(=O)(=O)c2ccccc2)=C1. The predicted octanol–water partition coefficient (Wildman–Crippen LogP) is 1.05. The summed E-state index contributed by atoms with van der Waals surface area (Å²) in [5.41, 5.74) is 0. The molecule has 0 heterocycles. The standard InChI is InChI=1S/C12H8O4S/c13-9-6-7-11(14)12(8-9)17(15,16)10-4-2-1-3-5-10/h1-8H. The van der Waals surface area contributed by atoms with Crippen LogP contribution in [0.3, 0.4) is 0 Å². The molecule has 0 spiro atoms. The van der Waals surface area contributed by atoms with Crippen molar-refractivity contribution in [3.8, 4) is 0 Å². The highest BCUT2D eigenvalue weighted by Crippen LogP contribution is 2.21. The molecule has 0 saturated heterocycles. The summed E-state index contributed by atoms with van der Waals surface area (Å²) in [6.07, 6.45) is 2.87. The Balaban J connectivity index is 2.55. The van der Waals surface area contributed by atoms with Crippen LogP contribution in [0, 0.1) is 0 Å². The van der Waals surface area contributed by atoms with Gasteiger partial charge in [-0.15, -0.1) is 0 Å². The summed E-state index contributed by atoms with van der Waals surface area (Å²) in [6.45, 7) is 0. The molecular weight excluding hydrogens is 240 g/mol. The van der Waals surface area contributed by atoms with E-state index in [0.717, 1.165) is 18.2 Å². The van der Waals surface area contributed by atoms with Crippen LogP contribution in [-0.2, 0) is 19.4 Å². The molecule has 1 aromatic rings. The van der Waals surface area contributed by atoms with Crippen LogP contribution in [0.5, 0.6) is 0 Å². The fourth-order valence-electron chi connectivity index (χ4n) is 1.43. The van der Waals surface area contributed by atoms with Crippen molar-refractivity contribution in [2.24, 2.45) is 0 Å². The average Bonchev–Trinajstić information content (AvgIpc) is 2.33. The Morgan fingerprint density at radius 1 is 0.882 bits per heavy atom. The molecule has 17 heavy (non-hydrogen) atoms. The fraction of sp³-hybridized carbons (Fsp3) is 0. The maximum Gasteiger partial charge on any atom is 0.210 e. The molecule has 86 valence electrons. The Morgan fingerprint density at radius 3 is 2.18 bits per heavy atom. The molecule has 1 aliphatic carbocycles. The molecule has 1 aromatic carbocycles. The molecule has 0 fully saturated rings. The number of carbonyl (C=O) groups is 2. The molecule has 4 nitrogen and oxygen atoms in total. The third-order valence-corrected chi connectivity index (χ3v) is 4.05. The van der Waals surface area contributed by atoms with Crippen molar-refractivity contribution in [3.05, 3.63) is 53.5 Å². The van der Waals surface area contributed by atoms with Crippen LogP contribution in [0.15, 0.2) is 58.4 Å². The van der Waals surface area contributed by atoms with Gasteiger partial charge in [-0.1, -0.05) is 18.2 Å². The third kappa shape index (κ3) is 2.09. The molecule has 0 N–H and O–H groups in total. The minimum atomic E-state index is -3.90. The maximum absolute atomic E-state index is 12.1. The minimum Gasteiger partial charge on any atom is -0.290 e. The largest absolute Gasteiger partial charge is 0.290 e. The Bertz CT molecular complexity index is 636. The first kappa shape index (κ1) is 11.5. The van der Waals surface area contributed by atoms with Crippen molar-refractivity contribution < 1.29 is 18.0 Å². The summed E-state index contributed by atoms with van der Waals surface area (Å²) >= 11 is 0. The monoisotopic (exact) mass is 248 g/mol. The van der Waals surface area contributed by atoms with E-state index in [2.05, 4.69) is 0 Å². The molecule has 0 unspecified atom stereocenters. The van der Waals surface area contributed by atoms with E-state index < -0.39 is 26.3 Å². The molecule has 0 saturated carbocycles. The van der Waals surface area contributed by atoms with Crippen molar-refractivity contribution in [2.75, 3.05) is 0 Å². The number of carbonyl (C=O) groups excluding carboxylic acids is 2. The Labute approximate surface area is 98.2 Å². The molecule has 0 aliphatic heterocycles. The first-order chi connectivity index (χ1) is 8.01. The molecular formula is C12H8O4S. The molecule has 0 amide bonds. The van der Waals surface area contributed by atoms with Crippen molar-refractivity contribution >= 4 is 21.4 Å². The van der Waals surface area contributed by atoms with Gasteiger partial charge in [0.2, 0.25) is 9.84 Å². The number of ketones is 2. The molecule has 1 aliphatic rings. The van der Waals surface area contributed by atoms with Crippen LogP contribution in [0.2, 0.25) is 0 Å². The lowest BCUT2D eigenvalue weighted by Crippen LogP contribution is -2.16. The van der Waals surface area contributed by atoms with Gasteiger partial charge in [0, 0.05) is 6.08 Å². The minimum absolute atomic E-state index is 0.00250. The van der Waals surface area contributed by atoms with E-state index in [-0.39, 0.29) is 4.90 Å². The highest BCUT2D eigenvalue weighted by molar-refractivity contribution is 7.96. The van der Waals surface area contributed by atoms with Gasteiger partial charge in [-0.25, -0.2) is 8.42 Å². The van der Waals surface area contributed by atoms with Gasteiger partial charge in [-0.2, -0.15) is 0 Å². The number of benzene rings is 1. The zero-order valence-corrected chi connectivity index (χ0v) is 9.48. The summed E-state index contributed by atoms with van der Waals surface area (Å²) < 4.78 is 24.1. The van der Waals surface area contributed by atoms with Crippen molar-refractivity contribution in [3.63, 3.8) is 0 Å². The molecule has 0 radical (unpaired) electrons. The lowest BCUT2D eigenvalue weighted by Gasteiger charge is -2.08. The van der Waals surface area contributed by atoms with Crippen LogP contribution in [-0.4, -0.2) is 20.0 Å². The topological polar surface area (TPSA) is 68.3 Å². The van der Waals surface area contributed by atoms with Crippen LogP contribution in [0.4, 0.5) is 0 Å². The fourth-order valence-corrected chi connectivity index (χ4v) is 2.80. The maximum atomic E-state index is 12.1. The third-order valence-electron chi connectivity index (χ3n) is 2.26. The van der Waals surface area contributed by atoms with E-state index in [1.54, 1.807) is 18.2 Å². The van der Waals surface area contributed by atoms with Crippen LogP contribution >= 0.6 is 0 Å². The second-order valence-corrected chi connectivity index (χ2v) is 5.34. The van der Waals surface area contributed by atoms with Crippen LogP contribution in [0.1, 0.15) is 0 Å².